The number of rotatable bonds is 2. The normalized spacial score (nSPS) is 18.5. The second kappa shape index (κ2) is 5.49. The number of H-pyrrole nitrogens is 1. The van der Waals surface area contributed by atoms with E-state index in [0.29, 0.717) is 23.0 Å². The van der Waals surface area contributed by atoms with Gasteiger partial charge < -0.3 is 4.90 Å². The fraction of sp³-hybridized carbons (Fsp3) is 0.333. The van der Waals surface area contributed by atoms with Crippen LogP contribution >= 0.6 is 27.5 Å². The Morgan fingerprint density at radius 3 is 3.05 bits per heavy atom. The maximum Gasteiger partial charge on any atom is 0.254 e. The minimum Gasteiger partial charge on any atom is -0.328 e. The lowest BCUT2D eigenvalue weighted by Crippen LogP contribution is -2.31. The molecule has 1 saturated heterocycles. The quantitative estimate of drug-likeness (QED) is 0.897. The van der Waals surface area contributed by atoms with E-state index in [0.717, 1.165) is 17.3 Å². The number of nitrogens with one attached hydrogen (secondary N) is 1. The van der Waals surface area contributed by atoms with Gasteiger partial charge in [-0.2, -0.15) is 5.21 Å². The number of aromatic amines is 1. The highest BCUT2D eigenvalue weighted by Gasteiger charge is 2.33. The van der Waals surface area contributed by atoms with Crippen molar-refractivity contribution in [2.24, 2.45) is 0 Å². The Bertz CT molecular complexity index is 633. The molecule has 0 saturated carbocycles. The lowest BCUT2D eigenvalue weighted by atomic mass is 10.1. The molecule has 1 aromatic heterocycles. The molecule has 0 spiro atoms. The molecule has 8 heteroatoms. The van der Waals surface area contributed by atoms with Gasteiger partial charge >= 0.3 is 0 Å². The number of hydrogen-bond donors (Lipinski definition) is 1. The van der Waals surface area contributed by atoms with Gasteiger partial charge in [0, 0.05) is 16.6 Å². The number of carbonyl (C=O) groups is 1. The molecular weight excluding hydrogens is 346 g/mol. The number of tetrazole rings is 1. The largest absolute Gasteiger partial charge is 0.328 e. The van der Waals surface area contributed by atoms with Crippen molar-refractivity contribution >= 4 is 33.4 Å². The zero-order chi connectivity index (χ0) is 14.1. The maximum absolute atomic E-state index is 12.6. The van der Waals surface area contributed by atoms with Gasteiger partial charge in [0.1, 0.15) is 0 Å². The van der Waals surface area contributed by atoms with E-state index in [4.69, 9.17) is 11.6 Å². The van der Waals surface area contributed by atoms with Crippen LogP contribution in [0.5, 0.6) is 0 Å². The monoisotopic (exact) mass is 355 g/mol. The maximum atomic E-state index is 12.6. The summed E-state index contributed by atoms with van der Waals surface area (Å²) in [5.74, 6) is 0.491. The molecule has 0 bridgehead atoms. The van der Waals surface area contributed by atoms with Gasteiger partial charge in [0.05, 0.1) is 11.1 Å². The van der Waals surface area contributed by atoms with Crippen LogP contribution in [0, 0.1) is 0 Å². The summed E-state index contributed by atoms with van der Waals surface area (Å²) in [7, 11) is 0. The van der Waals surface area contributed by atoms with E-state index in [1.54, 1.807) is 23.1 Å². The van der Waals surface area contributed by atoms with E-state index in [1.165, 1.54) is 0 Å². The van der Waals surface area contributed by atoms with Crippen LogP contribution in [0.3, 0.4) is 0 Å². The highest BCUT2D eigenvalue weighted by molar-refractivity contribution is 9.10. The van der Waals surface area contributed by atoms with Gasteiger partial charge in [-0.15, -0.1) is 10.2 Å². The smallest absolute Gasteiger partial charge is 0.254 e. The van der Waals surface area contributed by atoms with Crippen LogP contribution in [0.2, 0.25) is 5.02 Å². The predicted molar refractivity (Wildman–Crippen MR) is 76.3 cm³/mol. The number of halogens is 2. The van der Waals surface area contributed by atoms with Crippen LogP contribution in [0.4, 0.5) is 0 Å². The third-order valence-corrected chi connectivity index (χ3v) is 4.57. The summed E-state index contributed by atoms with van der Waals surface area (Å²) in [6.45, 7) is 0.686. The van der Waals surface area contributed by atoms with Crippen molar-refractivity contribution in [3.05, 3.63) is 39.1 Å². The molecule has 104 valence electrons. The van der Waals surface area contributed by atoms with Gasteiger partial charge in [-0.3, -0.25) is 4.79 Å². The van der Waals surface area contributed by atoms with Crippen molar-refractivity contribution in [2.75, 3.05) is 6.54 Å². The van der Waals surface area contributed by atoms with Crippen LogP contribution < -0.4 is 0 Å². The molecule has 0 radical (unpaired) electrons. The van der Waals surface area contributed by atoms with Gasteiger partial charge in [-0.05, 0) is 47.0 Å². The molecule has 1 aliphatic heterocycles. The molecule has 2 aromatic rings. The van der Waals surface area contributed by atoms with Crippen molar-refractivity contribution in [2.45, 2.75) is 18.9 Å². The number of hydrogen-bond acceptors (Lipinski definition) is 4. The molecular formula is C12H11BrClN5O. The number of benzene rings is 1. The number of aromatic nitrogens is 4. The van der Waals surface area contributed by atoms with Crippen molar-refractivity contribution in [1.82, 2.24) is 25.5 Å². The molecule has 1 fully saturated rings. The van der Waals surface area contributed by atoms with E-state index in [-0.39, 0.29) is 11.9 Å². The first-order valence-corrected chi connectivity index (χ1v) is 7.33. The molecule has 1 unspecified atom stereocenters. The molecule has 1 atom stereocenters. The van der Waals surface area contributed by atoms with Gasteiger partial charge in [0.25, 0.3) is 5.91 Å². The minimum absolute atomic E-state index is 0.0632. The van der Waals surface area contributed by atoms with Crippen LogP contribution in [-0.2, 0) is 0 Å². The van der Waals surface area contributed by atoms with E-state index in [1.807, 2.05) is 0 Å². The highest BCUT2D eigenvalue weighted by atomic mass is 79.9. The summed E-state index contributed by atoms with van der Waals surface area (Å²) >= 11 is 9.36. The Morgan fingerprint density at radius 1 is 1.50 bits per heavy atom. The van der Waals surface area contributed by atoms with E-state index < -0.39 is 0 Å². The summed E-state index contributed by atoms with van der Waals surface area (Å²) in [4.78, 5) is 14.4. The first kappa shape index (κ1) is 13.5. The summed E-state index contributed by atoms with van der Waals surface area (Å²) in [5, 5.41) is 14.5. The average molecular weight is 357 g/mol. The lowest BCUT2D eigenvalue weighted by Gasteiger charge is -2.22. The third-order valence-electron chi connectivity index (χ3n) is 3.34. The zero-order valence-corrected chi connectivity index (χ0v) is 12.7. The van der Waals surface area contributed by atoms with Crippen LogP contribution in [0.25, 0.3) is 0 Å². The first-order valence-electron chi connectivity index (χ1n) is 6.16. The molecule has 20 heavy (non-hydrogen) atoms. The second-order valence-electron chi connectivity index (χ2n) is 4.56. The Hall–Kier alpha value is -1.47. The molecule has 0 aliphatic carbocycles. The number of carbonyl (C=O) groups excluding carboxylic acids is 1. The van der Waals surface area contributed by atoms with E-state index in [9.17, 15) is 4.79 Å². The molecule has 1 aromatic carbocycles. The molecule has 1 N–H and O–H groups in total. The first-order chi connectivity index (χ1) is 9.66. The fourth-order valence-electron chi connectivity index (χ4n) is 2.38. The van der Waals surface area contributed by atoms with Crippen molar-refractivity contribution in [3.8, 4) is 0 Å². The average Bonchev–Trinajstić information content (AvgIpc) is 3.10. The summed E-state index contributed by atoms with van der Waals surface area (Å²) in [6.07, 6.45) is 1.77. The van der Waals surface area contributed by atoms with Gasteiger partial charge in [-0.25, -0.2) is 0 Å². The fourth-order valence-corrected chi connectivity index (χ4v) is 2.81. The van der Waals surface area contributed by atoms with Crippen LogP contribution in [0.1, 0.15) is 35.1 Å². The van der Waals surface area contributed by atoms with Crippen LogP contribution in [0.15, 0.2) is 22.7 Å². The van der Waals surface area contributed by atoms with Crippen molar-refractivity contribution < 1.29 is 4.79 Å². The number of nitrogens with zero attached hydrogens (tertiary/aromatic N) is 4. The SMILES string of the molecule is O=C(c1ccc(Br)c(Cl)c1)N1CCCC1c1nn[nH]n1. The Morgan fingerprint density at radius 2 is 2.35 bits per heavy atom. The van der Waals surface area contributed by atoms with E-state index in [2.05, 4.69) is 36.6 Å². The molecule has 3 rings (SSSR count). The van der Waals surface area contributed by atoms with Crippen LogP contribution in [-0.4, -0.2) is 38.0 Å². The number of amides is 1. The molecule has 1 amide bonds. The molecule has 6 nitrogen and oxygen atoms in total. The topological polar surface area (TPSA) is 74.8 Å². The summed E-state index contributed by atoms with van der Waals surface area (Å²) < 4.78 is 0.770. The summed E-state index contributed by atoms with van der Waals surface area (Å²) in [5.41, 5.74) is 0.564. The highest BCUT2D eigenvalue weighted by Crippen LogP contribution is 2.32. The lowest BCUT2D eigenvalue weighted by molar-refractivity contribution is 0.0730. The predicted octanol–water partition coefficient (Wildman–Crippen LogP) is 2.59. The zero-order valence-electron chi connectivity index (χ0n) is 10.4. The second-order valence-corrected chi connectivity index (χ2v) is 5.82. The molecule has 2 heterocycles. The standard InChI is InChI=1S/C12H11BrClN5O/c13-8-4-3-7(6-9(8)14)12(20)19-5-1-2-10(19)11-15-17-18-16-11/h3-4,6,10H,1-2,5H2,(H,15,16,17,18). The van der Waals surface area contributed by atoms with E-state index >= 15 is 0 Å². The molecule has 1 aliphatic rings. The Labute approximate surface area is 128 Å². The van der Waals surface area contributed by atoms with Crippen molar-refractivity contribution in [3.63, 3.8) is 0 Å². The Balaban J connectivity index is 1.87. The summed E-state index contributed by atoms with van der Waals surface area (Å²) in [6, 6.07) is 5.07. The van der Waals surface area contributed by atoms with Gasteiger partial charge in [0.2, 0.25) is 0 Å². The van der Waals surface area contributed by atoms with Crippen molar-refractivity contribution in [1.29, 1.82) is 0 Å². The number of likely N-dealkylation sites (tertiary alicyclic amines) is 1. The Kier molecular flexibility index (Phi) is 3.71. The minimum atomic E-state index is -0.122. The van der Waals surface area contributed by atoms with Gasteiger partial charge in [0.15, 0.2) is 5.82 Å². The van der Waals surface area contributed by atoms with Gasteiger partial charge in [-0.1, -0.05) is 16.8 Å². The third kappa shape index (κ3) is 2.43.